The molecule has 2 aromatic carbocycles. The SMILES string of the molecule is Clc1ccc(-c2cnn(-c3ncnc4c3[nH]c3ccccc34)c2)cc1. The van der Waals surface area contributed by atoms with Crippen LogP contribution in [0, 0.1) is 0 Å². The number of halogens is 1. The average molecular weight is 346 g/mol. The molecule has 0 saturated heterocycles. The third kappa shape index (κ3) is 2.28. The summed E-state index contributed by atoms with van der Waals surface area (Å²) in [5.74, 6) is 0.724. The molecule has 5 aromatic rings. The van der Waals surface area contributed by atoms with Crippen LogP contribution in [0.25, 0.3) is 38.9 Å². The highest BCUT2D eigenvalue weighted by molar-refractivity contribution is 6.30. The summed E-state index contributed by atoms with van der Waals surface area (Å²) in [6.07, 6.45) is 5.35. The third-order valence-electron chi connectivity index (χ3n) is 4.25. The van der Waals surface area contributed by atoms with Gasteiger partial charge in [0, 0.05) is 27.7 Å². The molecule has 0 unspecified atom stereocenters. The third-order valence-corrected chi connectivity index (χ3v) is 4.50. The summed E-state index contributed by atoms with van der Waals surface area (Å²) in [5, 5.41) is 6.27. The summed E-state index contributed by atoms with van der Waals surface area (Å²) in [7, 11) is 0. The van der Waals surface area contributed by atoms with E-state index in [1.54, 1.807) is 11.0 Å². The summed E-state index contributed by atoms with van der Waals surface area (Å²) in [4.78, 5) is 12.3. The highest BCUT2D eigenvalue weighted by Gasteiger charge is 2.13. The second-order valence-electron chi connectivity index (χ2n) is 5.77. The van der Waals surface area contributed by atoms with Crippen LogP contribution in [0.1, 0.15) is 0 Å². The molecular weight excluding hydrogens is 334 g/mol. The lowest BCUT2D eigenvalue weighted by Gasteiger charge is -2.01. The number of aromatic nitrogens is 5. The van der Waals surface area contributed by atoms with Gasteiger partial charge in [-0.15, -0.1) is 0 Å². The van der Waals surface area contributed by atoms with Crippen molar-refractivity contribution in [1.82, 2.24) is 24.7 Å². The van der Waals surface area contributed by atoms with E-state index >= 15 is 0 Å². The van der Waals surface area contributed by atoms with Gasteiger partial charge in [0.05, 0.1) is 6.20 Å². The molecule has 1 N–H and O–H groups in total. The Morgan fingerprint density at radius 2 is 1.76 bits per heavy atom. The van der Waals surface area contributed by atoms with E-state index < -0.39 is 0 Å². The van der Waals surface area contributed by atoms with E-state index in [4.69, 9.17) is 11.6 Å². The predicted octanol–water partition coefficient (Wildman–Crippen LogP) is 4.62. The van der Waals surface area contributed by atoms with Gasteiger partial charge in [0.2, 0.25) is 0 Å². The minimum absolute atomic E-state index is 0.715. The van der Waals surface area contributed by atoms with Crippen LogP contribution in [0.2, 0.25) is 5.02 Å². The molecule has 5 nitrogen and oxygen atoms in total. The van der Waals surface area contributed by atoms with Crippen molar-refractivity contribution in [3.63, 3.8) is 0 Å². The molecule has 5 rings (SSSR count). The Balaban J connectivity index is 1.67. The molecule has 0 bridgehead atoms. The Kier molecular flexibility index (Phi) is 3.08. The fourth-order valence-corrected chi connectivity index (χ4v) is 3.16. The molecule has 3 heterocycles. The maximum atomic E-state index is 5.96. The molecule has 25 heavy (non-hydrogen) atoms. The molecule has 0 radical (unpaired) electrons. The fourth-order valence-electron chi connectivity index (χ4n) is 3.03. The Morgan fingerprint density at radius 1 is 0.920 bits per heavy atom. The van der Waals surface area contributed by atoms with Crippen LogP contribution in [0.3, 0.4) is 0 Å². The van der Waals surface area contributed by atoms with E-state index in [-0.39, 0.29) is 0 Å². The number of rotatable bonds is 2. The van der Waals surface area contributed by atoms with Crippen molar-refractivity contribution < 1.29 is 0 Å². The minimum atomic E-state index is 0.715. The van der Waals surface area contributed by atoms with Crippen molar-refractivity contribution in [2.45, 2.75) is 0 Å². The Labute approximate surface area is 147 Å². The summed E-state index contributed by atoms with van der Waals surface area (Å²) >= 11 is 5.96. The number of hydrogen-bond acceptors (Lipinski definition) is 3. The summed E-state index contributed by atoms with van der Waals surface area (Å²) in [6, 6.07) is 15.8. The number of para-hydroxylation sites is 1. The van der Waals surface area contributed by atoms with E-state index in [1.165, 1.54) is 0 Å². The zero-order valence-corrected chi connectivity index (χ0v) is 13.8. The lowest BCUT2D eigenvalue weighted by Crippen LogP contribution is -1.99. The molecule has 6 heteroatoms. The van der Waals surface area contributed by atoms with Crippen LogP contribution in [-0.2, 0) is 0 Å². The summed E-state index contributed by atoms with van der Waals surface area (Å²) < 4.78 is 1.77. The molecule has 120 valence electrons. The van der Waals surface area contributed by atoms with Gasteiger partial charge in [0.15, 0.2) is 5.82 Å². The van der Waals surface area contributed by atoms with Gasteiger partial charge < -0.3 is 4.98 Å². The first kappa shape index (κ1) is 14.2. The monoisotopic (exact) mass is 345 g/mol. The molecular formula is C19H12ClN5. The van der Waals surface area contributed by atoms with Crippen LogP contribution < -0.4 is 0 Å². The number of hydrogen-bond donors (Lipinski definition) is 1. The van der Waals surface area contributed by atoms with E-state index in [0.717, 1.165) is 38.9 Å². The van der Waals surface area contributed by atoms with Crippen LogP contribution in [0.4, 0.5) is 0 Å². The van der Waals surface area contributed by atoms with Gasteiger partial charge in [0.25, 0.3) is 0 Å². The Hall–Kier alpha value is -3.18. The smallest absolute Gasteiger partial charge is 0.180 e. The maximum Gasteiger partial charge on any atom is 0.180 e. The lowest BCUT2D eigenvalue weighted by molar-refractivity contribution is 0.849. The number of nitrogens with one attached hydrogen (secondary N) is 1. The van der Waals surface area contributed by atoms with Gasteiger partial charge >= 0.3 is 0 Å². The molecule has 0 aliphatic carbocycles. The minimum Gasteiger partial charge on any atom is -0.350 e. The first-order valence-corrected chi connectivity index (χ1v) is 8.20. The van der Waals surface area contributed by atoms with E-state index in [1.807, 2.05) is 60.9 Å². The maximum absolute atomic E-state index is 5.96. The Bertz CT molecular complexity index is 1200. The van der Waals surface area contributed by atoms with Crippen LogP contribution in [0.15, 0.2) is 67.3 Å². The van der Waals surface area contributed by atoms with Crippen molar-refractivity contribution in [1.29, 1.82) is 0 Å². The fraction of sp³-hybridized carbons (Fsp3) is 0. The van der Waals surface area contributed by atoms with Crippen molar-refractivity contribution in [3.05, 3.63) is 72.3 Å². The molecule has 0 fully saturated rings. The number of aromatic amines is 1. The van der Waals surface area contributed by atoms with Gasteiger partial charge in [-0.2, -0.15) is 5.10 Å². The predicted molar refractivity (Wildman–Crippen MR) is 99.0 cm³/mol. The largest absolute Gasteiger partial charge is 0.350 e. The molecule has 0 aliphatic rings. The zero-order chi connectivity index (χ0) is 16.8. The molecule has 3 aromatic heterocycles. The molecule has 0 atom stereocenters. The lowest BCUT2D eigenvalue weighted by atomic mass is 10.1. The average Bonchev–Trinajstić information content (AvgIpc) is 3.27. The number of H-pyrrole nitrogens is 1. The summed E-state index contributed by atoms with van der Waals surface area (Å²) in [6.45, 7) is 0. The Morgan fingerprint density at radius 3 is 2.64 bits per heavy atom. The van der Waals surface area contributed by atoms with E-state index in [0.29, 0.717) is 5.02 Å². The first-order chi connectivity index (χ1) is 12.3. The first-order valence-electron chi connectivity index (χ1n) is 7.82. The number of nitrogens with zero attached hydrogens (tertiary/aromatic N) is 4. The van der Waals surface area contributed by atoms with Gasteiger partial charge in [-0.05, 0) is 23.8 Å². The summed E-state index contributed by atoms with van der Waals surface area (Å²) in [5.41, 5.74) is 4.85. The van der Waals surface area contributed by atoms with Crippen molar-refractivity contribution >= 4 is 33.5 Å². The van der Waals surface area contributed by atoms with Crippen molar-refractivity contribution in [2.24, 2.45) is 0 Å². The number of benzene rings is 2. The quantitative estimate of drug-likeness (QED) is 0.508. The van der Waals surface area contributed by atoms with E-state index in [9.17, 15) is 0 Å². The second-order valence-corrected chi connectivity index (χ2v) is 6.21. The molecule has 0 spiro atoms. The standard InChI is InChI=1S/C19H12ClN5/c20-14-7-5-12(6-8-14)13-9-23-25(10-13)19-18-17(21-11-22-19)15-3-1-2-4-16(15)24-18/h1-11,24H. The van der Waals surface area contributed by atoms with Crippen LogP contribution >= 0.6 is 11.6 Å². The normalized spacial score (nSPS) is 11.4. The van der Waals surface area contributed by atoms with Crippen molar-refractivity contribution in [3.8, 4) is 16.9 Å². The van der Waals surface area contributed by atoms with Gasteiger partial charge in [-0.25, -0.2) is 14.6 Å². The molecule has 0 saturated carbocycles. The van der Waals surface area contributed by atoms with E-state index in [2.05, 4.69) is 20.1 Å². The molecule has 0 aliphatic heterocycles. The van der Waals surface area contributed by atoms with Crippen molar-refractivity contribution in [2.75, 3.05) is 0 Å². The molecule has 0 amide bonds. The zero-order valence-electron chi connectivity index (χ0n) is 13.0. The van der Waals surface area contributed by atoms with Gasteiger partial charge in [-0.1, -0.05) is 41.9 Å². The second kappa shape index (κ2) is 5.43. The number of fused-ring (bicyclic) bond motifs is 3. The highest BCUT2D eigenvalue weighted by Crippen LogP contribution is 2.27. The van der Waals surface area contributed by atoms with Gasteiger partial charge in [-0.3, -0.25) is 0 Å². The van der Waals surface area contributed by atoms with Crippen LogP contribution in [-0.4, -0.2) is 24.7 Å². The van der Waals surface area contributed by atoms with Crippen LogP contribution in [0.5, 0.6) is 0 Å². The highest BCUT2D eigenvalue weighted by atomic mass is 35.5. The van der Waals surface area contributed by atoms with Gasteiger partial charge in [0.1, 0.15) is 17.4 Å². The topological polar surface area (TPSA) is 59.4 Å².